The molecule has 0 heterocycles. The number of ether oxygens (including phenoxy) is 1. The van der Waals surface area contributed by atoms with Gasteiger partial charge in [-0.3, -0.25) is 9.59 Å². The van der Waals surface area contributed by atoms with Crippen molar-refractivity contribution in [1.29, 1.82) is 0 Å². The zero-order chi connectivity index (χ0) is 24.1. The molecule has 34 heavy (non-hydrogen) atoms. The third-order valence-corrected chi connectivity index (χ3v) is 6.95. The van der Waals surface area contributed by atoms with E-state index in [-0.39, 0.29) is 42.9 Å². The van der Waals surface area contributed by atoms with Crippen molar-refractivity contribution in [3.63, 3.8) is 0 Å². The summed E-state index contributed by atoms with van der Waals surface area (Å²) in [7, 11) is 0. The fourth-order valence-electron chi connectivity index (χ4n) is 5.25. The van der Waals surface area contributed by atoms with Gasteiger partial charge in [-0.2, -0.15) is 0 Å². The van der Waals surface area contributed by atoms with E-state index in [9.17, 15) is 14.4 Å². The summed E-state index contributed by atoms with van der Waals surface area (Å²) in [5.41, 5.74) is 4.71. The van der Waals surface area contributed by atoms with E-state index in [4.69, 9.17) is 9.84 Å². The Balaban J connectivity index is 1.28. The van der Waals surface area contributed by atoms with Crippen LogP contribution in [0.3, 0.4) is 0 Å². The van der Waals surface area contributed by atoms with Gasteiger partial charge in [0.05, 0.1) is 0 Å². The smallest absolute Gasteiger partial charge is 0.407 e. The second-order valence-electron chi connectivity index (χ2n) is 9.37. The first-order valence-corrected chi connectivity index (χ1v) is 12.0. The molecule has 2 amide bonds. The van der Waals surface area contributed by atoms with Gasteiger partial charge >= 0.3 is 12.1 Å². The Hall–Kier alpha value is -3.35. The number of nitrogens with one attached hydrogen (secondary N) is 2. The summed E-state index contributed by atoms with van der Waals surface area (Å²) in [6.45, 7) is 2.07. The third-order valence-electron chi connectivity index (χ3n) is 6.95. The van der Waals surface area contributed by atoms with E-state index in [1.807, 2.05) is 31.2 Å². The number of carbonyl (C=O) groups is 3. The Labute approximate surface area is 199 Å². The molecule has 0 aliphatic heterocycles. The van der Waals surface area contributed by atoms with Gasteiger partial charge in [0, 0.05) is 30.8 Å². The fraction of sp³-hybridized carbons (Fsp3) is 0.444. The molecule has 7 heteroatoms. The van der Waals surface area contributed by atoms with Crippen LogP contribution in [0.4, 0.5) is 4.79 Å². The number of benzene rings is 2. The van der Waals surface area contributed by atoms with Crippen molar-refractivity contribution in [2.75, 3.05) is 6.61 Å². The monoisotopic (exact) mass is 464 g/mol. The highest BCUT2D eigenvalue weighted by atomic mass is 16.5. The summed E-state index contributed by atoms with van der Waals surface area (Å²) in [5.74, 6) is -0.920. The van der Waals surface area contributed by atoms with Gasteiger partial charge in [-0.1, -0.05) is 55.0 Å². The molecule has 3 N–H and O–H groups in total. The van der Waals surface area contributed by atoms with Gasteiger partial charge in [-0.25, -0.2) is 4.79 Å². The molecule has 1 saturated carbocycles. The molecule has 0 radical (unpaired) electrons. The van der Waals surface area contributed by atoms with Crippen LogP contribution < -0.4 is 10.6 Å². The van der Waals surface area contributed by atoms with Crippen LogP contribution in [0.25, 0.3) is 11.1 Å². The van der Waals surface area contributed by atoms with Crippen molar-refractivity contribution in [3.8, 4) is 11.1 Å². The predicted molar refractivity (Wildman–Crippen MR) is 128 cm³/mol. The molecule has 0 bridgehead atoms. The van der Waals surface area contributed by atoms with Crippen molar-refractivity contribution in [1.82, 2.24) is 10.6 Å². The lowest BCUT2D eigenvalue weighted by Gasteiger charge is -2.22. The number of carboxylic acid groups (broad SMARTS) is 1. The average Bonchev–Trinajstić information content (AvgIpc) is 3.38. The highest BCUT2D eigenvalue weighted by Gasteiger charge is 2.32. The number of amides is 2. The van der Waals surface area contributed by atoms with E-state index in [0.717, 1.165) is 19.3 Å². The van der Waals surface area contributed by atoms with E-state index in [1.165, 1.54) is 22.3 Å². The van der Waals surface area contributed by atoms with Crippen LogP contribution in [0, 0.1) is 5.92 Å². The molecule has 2 aromatic carbocycles. The molecular formula is C27H32N2O5. The Bertz CT molecular complexity index is 1010. The maximum absolute atomic E-state index is 12.6. The van der Waals surface area contributed by atoms with Gasteiger partial charge in [-0.15, -0.1) is 0 Å². The lowest BCUT2D eigenvalue weighted by Crippen LogP contribution is -2.41. The van der Waals surface area contributed by atoms with Crippen LogP contribution >= 0.6 is 0 Å². The van der Waals surface area contributed by atoms with Gasteiger partial charge in [0.1, 0.15) is 6.61 Å². The molecule has 0 spiro atoms. The molecule has 4 rings (SSSR count). The van der Waals surface area contributed by atoms with Crippen molar-refractivity contribution in [2.24, 2.45) is 5.92 Å². The minimum atomic E-state index is -0.871. The predicted octanol–water partition coefficient (Wildman–Crippen LogP) is 4.45. The van der Waals surface area contributed by atoms with Crippen molar-refractivity contribution in [3.05, 3.63) is 59.7 Å². The molecule has 0 aromatic heterocycles. The minimum Gasteiger partial charge on any atom is -0.481 e. The standard InChI is InChI=1S/C27H32N2O5/c1-17(13-14-26(31)32)28-25(30)15-18-7-6-12-24(18)29-27(33)34-16-23-21-10-4-2-8-19(21)20-9-3-5-11-22(20)23/h2-5,8-11,17-18,23-24H,6-7,12-16H2,1H3,(H,28,30)(H,29,33)(H,31,32). The number of carbonyl (C=O) groups excluding carboxylic acids is 2. The second-order valence-corrected chi connectivity index (χ2v) is 9.37. The van der Waals surface area contributed by atoms with Gasteiger partial charge < -0.3 is 20.5 Å². The van der Waals surface area contributed by atoms with Crippen LogP contribution in [0.5, 0.6) is 0 Å². The normalized spacial score (nSPS) is 19.7. The topological polar surface area (TPSA) is 105 Å². The summed E-state index contributed by atoms with van der Waals surface area (Å²) in [6.07, 6.45) is 2.91. The lowest BCUT2D eigenvalue weighted by molar-refractivity contribution is -0.137. The molecule has 1 fully saturated rings. The molecule has 3 unspecified atom stereocenters. The lowest BCUT2D eigenvalue weighted by atomic mass is 9.98. The van der Waals surface area contributed by atoms with E-state index >= 15 is 0 Å². The van der Waals surface area contributed by atoms with Gasteiger partial charge in [-0.05, 0) is 54.4 Å². The van der Waals surface area contributed by atoms with Gasteiger partial charge in [0.15, 0.2) is 0 Å². The minimum absolute atomic E-state index is 0.00981. The average molecular weight is 465 g/mol. The number of rotatable bonds is 9. The Morgan fingerprint density at radius 3 is 2.32 bits per heavy atom. The zero-order valence-electron chi connectivity index (χ0n) is 19.5. The maximum Gasteiger partial charge on any atom is 0.407 e. The quantitative estimate of drug-likeness (QED) is 0.508. The Morgan fingerprint density at radius 2 is 1.68 bits per heavy atom. The van der Waals surface area contributed by atoms with E-state index in [2.05, 4.69) is 34.9 Å². The largest absolute Gasteiger partial charge is 0.481 e. The van der Waals surface area contributed by atoms with Gasteiger partial charge in [0.2, 0.25) is 5.91 Å². The molecule has 2 aromatic rings. The first-order valence-electron chi connectivity index (χ1n) is 12.0. The maximum atomic E-state index is 12.6. The molecule has 2 aliphatic rings. The number of fused-ring (bicyclic) bond motifs is 3. The fourth-order valence-corrected chi connectivity index (χ4v) is 5.25. The van der Waals surface area contributed by atoms with E-state index in [0.29, 0.717) is 12.8 Å². The van der Waals surface area contributed by atoms with Crippen molar-refractivity contribution < 1.29 is 24.2 Å². The van der Waals surface area contributed by atoms with E-state index < -0.39 is 12.1 Å². The first kappa shape index (κ1) is 23.8. The summed E-state index contributed by atoms with van der Waals surface area (Å²) < 4.78 is 5.67. The molecule has 0 saturated heterocycles. The highest BCUT2D eigenvalue weighted by Crippen LogP contribution is 2.44. The van der Waals surface area contributed by atoms with Crippen molar-refractivity contribution >= 4 is 18.0 Å². The van der Waals surface area contributed by atoms with E-state index in [1.54, 1.807) is 0 Å². The molecule has 3 atom stereocenters. The molecule has 2 aliphatic carbocycles. The number of hydrogen-bond acceptors (Lipinski definition) is 4. The number of carboxylic acids is 1. The first-order chi connectivity index (χ1) is 16.4. The summed E-state index contributed by atoms with van der Waals surface area (Å²) >= 11 is 0. The number of hydrogen-bond donors (Lipinski definition) is 3. The van der Waals surface area contributed by atoms with Crippen LogP contribution in [0.15, 0.2) is 48.5 Å². The number of aliphatic carboxylic acids is 1. The second kappa shape index (κ2) is 10.7. The van der Waals surface area contributed by atoms with Crippen LogP contribution in [0.2, 0.25) is 0 Å². The Morgan fingerprint density at radius 1 is 1.03 bits per heavy atom. The van der Waals surface area contributed by atoms with Crippen LogP contribution in [-0.4, -0.2) is 41.8 Å². The number of alkyl carbamates (subject to hydrolysis) is 1. The van der Waals surface area contributed by atoms with Crippen LogP contribution in [0.1, 0.15) is 62.5 Å². The molecule has 180 valence electrons. The van der Waals surface area contributed by atoms with Crippen molar-refractivity contribution in [2.45, 2.75) is 63.5 Å². The SMILES string of the molecule is CC(CCC(=O)O)NC(=O)CC1CCCC1NC(=O)OCC1c2ccccc2-c2ccccc21. The van der Waals surface area contributed by atoms with Gasteiger partial charge in [0.25, 0.3) is 0 Å². The summed E-state index contributed by atoms with van der Waals surface area (Å²) in [6, 6.07) is 16.1. The summed E-state index contributed by atoms with van der Waals surface area (Å²) in [4.78, 5) is 35.8. The molecular weight excluding hydrogens is 432 g/mol. The zero-order valence-corrected chi connectivity index (χ0v) is 19.5. The molecule has 7 nitrogen and oxygen atoms in total. The third kappa shape index (κ3) is 5.58. The highest BCUT2D eigenvalue weighted by molar-refractivity contribution is 5.79. The Kier molecular flexibility index (Phi) is 7.50. The summed E-state index contributed by atoms with van der Waals surface area (Å²) in [5, 5.41) is 14.6. The van der Waals surface area contributed by atoms with Crippen LogP contribution in [-0.2, 0) is 14.3 Å².